The summed E-state index contributed by atoms with van der Waals surface area (Å²) in [5.41, 5.74) is 2.07. The smallest absolute Gasteiger partial charge is 0.295 e. The Balaban J connectivity index is 1.91. The summed E-state index contributed by atoms with van der Waals surface area (Å²) >= 11 is 0. The number of nitrogens with one attached hydrogen (secondary N) is 1. The summed E-state index contributed by atoms with van der Waals surface area (Å²) in [6, 6.07) is 11.8. The standard InChI is InChI=1S/C24H26N4O4/c1-15-20(27-12-6-5-7-18(27)25-15)22(29)19-21(16-8-10-17(32-4)11-9-16)28(14-13-26(2)3)24(31)23(19)30/h5-12,21,29H,13-14H2,1-4H3. The van der Waals surface area contributed by atoms with Gasteiger partial charge in [0.1, 0.15) is 11.4 Å². The summed E-state index contributed by atoms with van der Waals surface area (Å²) in [4.78, 5) is 33.2. The van der Waals surface area contributed by atoms with E-state index in [1.165, 1.54) is 4.90 Å². The lowest BCUT2D eigenvalue weighted by Crippen LogP contribution is -3.06. The number of pyridine rings is 1. The number of imidazole rings is 1. The van der Waals surface area contributed by atoms with Crippen LogP contribution in [0.25, 0.3) is 11.4 Å². The van der Waals surface area contributed by atoms with Gasteiger partial charge in [-0.3, -0.25) is 9.59 Å². The number of aromatic nitrogens is 2. The molecule has 0 bridgehead atoms. The quantitative estimate of drug-likeness (QED) is 0.336. The number of quaternary nitrogens is 1. The second kappa shape index (κ2) is 8.47. The average Bonchev–Trinajstić information content (AvgIpc) is 3.25. The highest BCUT2D eigenvalue weighted by Gasteiger charge is 2.44. The number of nitrogens with zero attached hydrogens (tertiary/aromatic N) is 3. The number of likely N-dealkylation sites (tertiary alicyclic amines) is 1. The topological polar surface area (TPSA) is 91.4 Å². The maximum atomic E-state index is 13.8. The van der Waals surface area contributed by atoms with Gasteiger partial charge in [-0.05, 0) is 36.8 Å². The zero-order valence-electron chi connectivity index (χ0n) is 18.6. The number of likely N-dealkylation sites (N-methyl/N-ethyl adjacent to an activating group) is 1. The minimum Gasteiger partial charge on any atom is -0.871 e. The van der Waals surface area contributed by atoms with Gasteiger partial charge in [0.25, 0.3) is 5.91 Å². The molecule has 1 aliphatic heterocycles. The van der Waals surface area contributed by atoms with Gasteiger partial charge in [-0.25, -0.2) is 4.98 Å². The Labute approximate surface area is 186 Å². The van der Waals surface area contributed by atoms with Gasteiger partial charge in [0.2, 0.25) is 5.78 Å². The van der Waals surface area contributed by atoms with Crippen molar-refractivity contribution in [2.45, 2.75) is 13.0 Å². The van der Waals surface area contributed by atoms with E-state index in [0.717, 1.165) is 4.90 Å². The lowest BCUT2D eigenvalue weighted by atomic mass is 9.96. The number of hydrogen-bond acceptors (Lipinski definition) is 5. The Morgan fingerprint density at radius 2 is 1.88 bits per heavy atom. The maximum Gasteiger partial charge on any atom is 0.295 e. The van der Waals surface area contributed by atoms with E-state index in [1.807, 2.05) is 20.2 Å². The van der Waals surface area contributed by atoms with E-state index in [0.29, 0.717) is 41.4 Å². The van der Waals surface area contributed by atoms with Gasteiger partial charge in [-0.2, -0.15) is 0 Å². The SMILES string of the molecule is COc1ccc(C2C(=C([O-])c3c(C)nc4ccccn34)C(=O)C(=O)N2CC[NH+](C)C)cc1. The van der Waals surface area contributed by atoms with Gasteiger partial charge in [-0.15, -0.1) is 0 Å². The summed E-state index contributed by atoms with van der Waals surface area (Å²) in [5, 5.41) is 13.8. The summed E-state index contributed by atoms with van der Waals surface area (Å²) in [5.74, 6) is -1.23. The molecule has 8 nitrogen and oxygen atoms in total. The Bertz CT molecular complexity index is 1210. The van der Waals surface area contributed by atoms with Gasteiger partial charge in [0.05, 0.1) is 51.7 Å². The minimum absolute atomic E-state index is 0.0392. The molecule has 1 unspecified atom stereocenters. The Hall–Kier alpha value is -3.65. The summed E-state index contributed by atoms with van der Waals surface area (Å²) < 4.78 is 6.91. The first-order valence-corrected chi connectivity index (χ1v) is 10.5. The van der Waals surface area contributed by atoms with Gasteiger partial charge in [0.15, 0.2) is 0 Å². The second-order valence-corrected chi connectivity index (χ2v) is 8.18. The Morgan fingerprint density at radius 3 is 2.53 bits per heavy atom. The predicted octanol–water partition coefficient (Wildman–Crippen LogP) is 0.0198. The van der Waals surface area contributed by atoms with Gasteiger partial charge < -0.3 is 24.0 Å². The Kier molecular flexibility index (Phi) is 5.71. The fourth-order valence-corrected chi connectivity index (χ4v) is 4.09. The van der Waals surface area contributed by atoms with Crippen molar-refractivity contribution in [1.29, 1.82) is 0 Å². The molecule has 8 heteroatoms. The van der Waals surface area contributed by atoms with Crippen molar-refractivity contribution < 1.29 is 24.3 Å². The molecule has 0 radical (unpaired) electrons. The van der Waals surface area contributed by atoms with E-state index >= 15 is 0 Å². The summed E-state index contributed by atoms with van der Waals surface area (Å²) in [6.45, 7) is 2.73. The maximum absolute atomic E-state index is 13.8. The van der Waals surface area contributed by atoms with Crippen LogP contribution >= 0.6 is 0 Å². The number of rotatable bonds is 6. The van der Waals surface area contributed by atoms with Gasteiger partial charge in [0, 0.05) is 11.8 Å². The van der Waals surface area contributed by atoms with Gasteiger partial charge in [-0.1, -0.05) is 24.0 Å². The average molecular weight is 434 g/mol. The summed E-state index contributed by atoms with van der Waals surface area (Å²) in [7, 11) is 5.52. The van der Waals surface area contributed by atoms with Crippen molar-refractivity contribution in [3.63, 3.8) is 0 Å². The van der Waals surface area contributed by atoms with Crippen molar-refractivity contribution in [1.82, 2.24) is 14.3 Å². The molecule has 4 rings (SSSR count). The number of aryl methyl sites for hydroxylation is 1. The van der Waals surface area contributed by atoms with E-state index < -0.39 is 23.5 Å². The molecule has 1 fully saturated rings. The van der Waals surface area contributed by atoms with E-state index in [9.17, 15) is 14.7 Å². The van der Waals surface area contributed by atoms with Crippen molar-refractivity contribution in [3.8, 4) is 5.75 Å². The number of Topliss-reactive ketones (excluding diaryl/α,β-unsaturated/α-hetero) is 1. The monoisotopic (exact) mass is 434 g/mol. The number of hydrogen-bond donors (Lipinski definition) is 1. The van der Waals surface area contributed by atoms with Crippen molar-refractivity contribution in [2.75, 3.05) is 34.3 Å². The Morgan fingerprint density at radius 1 is 1.16 bits per heavy atom. The number of carbonyl (C=O) groups excluding carboxylic acids is 2. The molecule has 3 aromatic rings. The van der Waals surface area contributed by atoms with Crippen molar-refractivity contribution >= 4 is 23.1 Å². The van der Waals surface area contributed by atoms with Crippen LogP contribution < -0.4 is 14.7 Å². The number of benzene rings is 1. The number of methoxy groups -OCH3 is 1. The molecule has 1 amide bonds. The minimum atomic E-state index is -0.763. The third-order valence-electron chi connectivity index (χ3n) is 5.73. The highest BCUT2D eigenvalue weighted by atomic mass is 16.5. The van der Waals surface area contributed by atoms with E-state index in [4.69, 9.17) is 4.74 Å². The molecule has 166 valence electrons. The fourth-order valence-electron chi connectivity index (χ4n) is 4.09. The second-order valence-electron chi connectivity index (χ2n) is 8.18. The third kappa shape index (κ3) is 3.62. The van der Waals surface area contributed by atoms with Crippen LogP contribution in [0.3, 0.4) is 0 Å². The lowest BCUT2D eigenvalue weighted by Gasteiger charge is -2.27. The van der Waals surface area contributed by atoms with Gasteiger partial charge >= 0.3 is 0 Å². The van der Waals surface area contributed by atoms with Crippen LogP contribution in [0.5, 0.6) is 5.75 Å². The molecular weight excluding hydrogens is 408 g/mol. The molecule has 32 heavy (non-hydrogen) atoms. The van der Waals surface area contributed by atoms with Crippen LogP contribution in [-0.2, 0) is 9.59 Å². The molecule has 1 aliphatic rings. The van der Waals surface area contributed by atoms with Crippen LogP contribution in [-0.4, -0.2) is 60.3 Å². The molecule has 1 N–H and O–H groups in total. The number of ether oxygens (including phenoxy) is 1. The van der Waals surface area contributed by atoms with E-state index in [2.05, 4.69) is 4.98 Å². The number of carbonyl (C=O) groups is 2. The van der Waals surface area contributed by atoms with Crippen LogP contribution in [0, 0.1) is 6.92 Å². The molecule has 0 saturated carbocycles. The molecule has 1 saturated heterocycles. The van der Waals surface area contributed by atoms with E-state index in [-0.39, 0.29) is 5.57 Å². The molecular formula is C24H26N4O4. The zero-order valence-corrected chi connectivity index (χ0v) is 18.6. The van der Waals surface area contributed by atoms with Crippen molar-refractivity contribution in [2.24, 2.45) is 0 Å². The third-order valence-corrected chi connectivity index (χ3v) is 5.73. The molecule has 1 atom stereocenters. The van der Waals surface area contributed by atoms with Crippen LogP contribution in [0.15, 0.2) is 54.2 Å². The van der Waals surface area contributed by atoms with Crippen LogP contribution in [0.4, 0.5) is 0 Å². The van der Waals surface area contributed by atoms with E-state index in [1.54, 1.807) is 61.0 Å². The lowest BCUT2D eigenvalue weighted by molar-refractivity contribution is -0.857. The number of amides is 1. The molecule has 1 aromatic carbocycles. The van der Waals surface area contributed by atoms with Crippen molar-refractivity contribution in [3.05, 3.63) is 71.2 Å². The highest BCUT2D eigenvalue weighted by Crippen LogP contribution is 2.39. The first-order valence-electron chi connectivity index (χ1n) is 10.5. The number of ketones is 1. The molecule has 0 spiro atoms. The molecule has 2 aromatic heterocycles. The van der Waals surface area contributed by atoms with Crippen LogP contribution in [0.1, 0.15) is 23.0 Å². The number of fused-ring (bicyclic) bond motifs is 1. The predicted molar refractivity (Wildman–Crippen MR) is 117 cm³/mol. The highest BCUT2D eigenvalue weighted by molar-refractivity contribution is 6.46. The summed E-state index contributed by atoms with van der Waals surface area (Å²) in [6.07, 6.45) is 1.74. The normalized spacial score (nSPS) is 18.2. The van der Waals surface area contributed by atoms with Crippen LogP contribution in [0.2, 0.25) is 0 Å². The largest absolute Gasteiger partial charge is 0.871 e. The molecule has 0 aliphatic carbocycles. The first-order chi connectivity index (χ1) is 15.3. The molecule has 3 heterocycles. The zero-order chi connectivity index (χ0) is 23.0. The fraction of sp³-hybridized carbons (Fsp3) is 0.292. The first kappa shape index (κ1) is 21.6.